The normalized spacial score (nSPS) is 18.1. The number of halogens is 2. The Morgan fingerprint density at radius 1 is 1.06 bits per heavy atom. The lowest BCUT2D eigenvalue weighted by Gasteiger charge is -2.26. The van der Waals surface area contributed by atoms with Crippen LogP contribution in [0, 0.1) is 12.7 Å². The minimum absolute atomic E-state index is 0.195. The maximum atomic E-state index is 13.4. The molecule has 0 saturated carbocycles. The van der Waals surface area contributed by atoms with E-state index in [1.807, 2.05) is 49.4 Å². The molecule has 1 fully saturated rings. The average molecular weight is 508 g/mol. The van der Waals surface area contributed by atoms with Crippen molar-refractivity contribution in [1.82, 2.24) is 10.3 Å². The van der Waals surface area contributed by atoms with Gasteiger partial charge in [-0.05, 0) is 91.4 Å². The number of thiocarbonyl (C=S) groups is 1. The summed E-state index contributed by atoms with van der Waals surface area (Å²) in [5.74, 6) is 1.13. The van der Waals surface area contributed by atoms with E-state index in [9.17, 15) is 4.39 Å². The van der Waals surface area contributed by atoms with Gasteiger partial charge in [0.15, 0.2) is 5.11 Å². The molecule has 0 radical (unpaired) electrons. The van der Waals surface area contributed by atoms with E-state index in [4.69, 9.17) is 16.6 Å². The van der Waals surface area contributed by atoms with Crippen molar-refractivity contribution in [3.05, 3.63) is 106 Å². The first kappa shape index (κ1) is 20.8. The van der Waals surface area contributed by atoms with E-state index < -0.39 is 0 Å². The Hall–Kier alpha value is -3.03. The second-order valence-electron chi connectivity index (χ2n) is 7.64. The number of nitrogens with zero attached hydrogens (tertiary/aromatic N) is 2. The van der Waals surface area contributed by atoms with Crippen LogP contribution in [0.4, 0.5) is 10.1 Å². The molecule has 2 aromatic heterocycles. The molecule has 160 valence electrons. The van der Waals surface area contributed by atoms with Gasteiger partial charge in [0.1, 0.15) is 23.4 Å². The highest BCUT2D eigenvalue weighted by Crippen LogP contribution is 2.43. The number of aromatic nitrogens is 1. The molecule has 1 saturated heterocycles. The van der Waals surface area contributed by atoms with Crippen LogP contribution in [0.1, 0.15) is 29.1 Å². The molecular weight excluding hydrogens is 489 g/mol. The van der Waals surface area contributed by atoms with Crippen molar-refractivity contribution in [1.29, 1.82) is 0 Å². The van der Waals surface area contributed by atoms with Gasteiger partial charge in [-0.2, -0.15) is 0 Å². The fourth-order valence-corrected chi connectivity index (χ4v) is 4.57. The van der Waals surface area contributed by atoms with E-state index in [2.05, 4.69) is 37.2 Å². The quantitative estimate of drug-likeness (QED) is 0.310. The predicted octanol–water partition coefficient (Wildman–Crippen LogP) is 6.73. The van der Waals surface area contributed by atoms with Crippen LogP contribution < -0.4 is 10.2 Å². The number of nitrogens with one attached hydrogen (secondary N) is 1. The molecule has 4 aromatic rings. The zero-order chi connectivity index (χ0) is 22.2. The summed E-state index contributed by atoms with van der Waals surface area (Å²) in [5, 5.41) is 4.04. The van der Waals surface area contributed by atoms with Crippen molar-refractivity contribution in [2.24, 2.45) is 0 Å². The largest absolute Gasteiger partial charge is 0.459 e. The summed E-state index contributed by atoms with van der Waals surface area (Å²) in [6.45, 7) is 2.05. The van der Waals surface area contributed by atoms with Crippen LogP contribution in [0.5, 0.6) is 0 Å². The van der Waals surface area contributed by atoms with Gasteiger partial charge in [0.05, 0.1) is 11.7 Å². The minimum atomic E-state index is -0.280. The second kappa shape index (κ2) is 8.48. The number of pyridine rings is 1. The molecule has 0 unspecified atom stereocenters. The van der Waals surface area contributed by atoms with Crippen molar-refractivity contribution in [2.75, 3.05) is 4.90 Å². The molecule has 0 bridgehead atoms. The highest BCUT2D eigenvalue weighted by atomic mass is 79.9. The molecule has 0 amide bonds. The smallest absolute Gasteiger partial charge is 0.174 e. The minimum Gasteiger partial charge on any atom is -0.459 e. The maximum Gasteiger partial charge on any atom is 0.174 e. The third-order valence-corrected chi connectivity index (χ3v) is 6.77. The first-order valence-corrected chi connectivity index (χ1v) is 11.3. The topological polar surface area (TPSA) is 41.3 Å². The van der Waals surface area contributed by atoms with E-state index in [0.717, 1.165) is 32.7 Å². The number of aryl methyl sites for hydroxylation is 1. The number of benzene rings is 2. The molecule has 2 aromatic carbocycles. The van der Waals surface area contributed by atoms with Crippen LogP contribution in [0.2, 0.25) is 0 Å². The SMILES string of the molecule is Cc1cc(N2C(=S)N[C@@H](c3ccccn3)[C@H]2c2ccc(-c3ccc(F)cc3)o2)ccc1Br. The number of furan rings is 1. The molecule has 0 aliphatic carbocycles. The zero-order valence-electron chi connectivity index (χ0n) is 17.1. The highest BCUT2D eigenvalue weighted by molar-refractivity contribution is 9.10. The van der Waals surface area contributed by atoms with Crippen LogP contribution in [0.3, 0.4) is 0 Å². The first-order chi connectivity index (χ1) is 15.5. The van der Waals surface area contributed by atoms with Crippen molar-refractivity contribution in [3.8, 4) is 11.3 Å². The lowest BCUT2D eigenvalue weighted by molar-refractivity contribution is 0.439. The van der Waals surface area contributed by atoms with Gasteiger partial charge in [0, 0.05) is 21.9 Å². The summed E-state index contributed by atoms with van der Waals surface area (Å²) >= 11 is 9.33. The molecule has 1 aliphatic heterocycles. The van der Waals surface area contributed by atoms with Gasteiger partial charge < -0.3 is 14.6 Å². The molecule has 1 aliphatic rings. The molecule has 3 heterocycles. The molecule has 2 atom stereocenters. The fraction of sp³-hybridized carbons (Fsp3) is 0.120. The Morgan fingerprint density at radius 2 is 1.88 bits per heavy atom. The van der Waals surface area contributed by atoms with E-state index in [1.54, 1.807) is 18.3 Å². The van der Waals surface area contributed by atoms with Crippen LogP contribution in [0.15, 0.2) is 87.9 Å². The van der Waals surface area contributed by atoms with Crippen LogP contribution in [-0.2, 0) is 0 Å². The van der Waals surface area contributed by atoms with Crippen LogP contribution >= 0.6 is 28.1 Å². The van der Waals surface area contributed by atoms with Gasteiger partial charge in [0.2, 0.25) is 0 Å². The van der Waals surface area contributed by atoms with Gasteiger partial charge in [-0.3, -0.25) is 4.98 Å². The highest BCUT2D eigenvalue weighted by Gasteiger charge is 2.42. The number of hydrogen-bond donors (Lipinski definition) is 1. The van der Waals surface area contributed by atoms with E-state index in [0.29, 0.717) is 10.9 Å². The van der Waals surface area contributed by atoms with Gasteiger partial charge in [-0.25, -0.2) is 4.39 Å². The van der Waals surface area contributed by atoms with Crippen molar-refractivity contribution < 1.29 is 8.81 Å². The summed E-state index contributed by atoms with van der Waals surface area (Å²) in [4.78, 5) is 6.64. The van der Waals surface area contributed by atoms with Crippen molar-refractivity contribution >= 4 is 38.9 Å². The summed E-state index contributed by atoms with van der Waals surface area (Å²) in [5.41, 5.74) is 3.76. The van der Waals surface area contributed by atoms with Crippen molar-refractivity contribution in [3.63, 3.8) is 0 Å². The standard InChI is InChI=1S/C25H19BrFN3OS/c1-15-14-18(9-10-19(15)26)30-24(23(29-25(30)32)20-4-2-3-13-28-20)22-12-11-21(31-22)16-5-7-17(27)8-6-16/h2-14,23-24H,1H3,(H,29,32)/t23-,24+/m0/s1. The van der Waals surface area contributed by atoms with Crippen molar-refractivity contribution in [2.45, 2.75) is 19.0 Å². The van der Waals surface area contributed by atoms with Crippen LogP contribution in [-0.4, -0.2) is 10.1 Å². The molecule has 32 heavy (non-hydrogen) atoms. The fourth-order valence-electron chi connectivity index (χ4n) is 3.98. The molecule has 4 nitrogen and oxygen atoms in total. The summed E-state index contributed by atoms with van der Waals surface area (Å²) in [6.07, 6.45) is 1.77. The zero-order valence-corrected chi connectivity index (χ0v) is 19.5. The Morgan fingerprint density at radius 3 is 2.59 bits per heavy atom. The molecule has 7 heteroatoms. The number of hydrogen-bond acceptors (Lipinski definition) is 3. The Bertz CT molecular complexity index is 1280. The van der Waals surface area contributed by atoms with Gasteiger partial charge in [-0.15, -0.1) is 0 Å². The third-order valence-electron chi connectivity index (χ3n) is 5.56. The molecular formula is C25H19BrFN3OS. The van der Waals surface area contributed by atoms with E-state index >= 15 is 0 Å². The summed E-state index contributed by atoms with van der Waals surface area (Å²) < 4.78 is 20.7. The molecule has 5 rings (SSSR count). The third kappa shape index (κ3) is 3.82. The average Bonchev–Trinajstić information content (AvgIpc) is 3.41. The van der Waals surface area contributed by atoms with Gasteiger partial charge >= 0.3 is 0 Å². The number of anilines is 1. The van der Waals surface area contributed by atoms with Gasteiger partial charge in [-0.1, -0.05) is 22.0 Å². The first-order valence-electron chi connectivity index (χ1n) is 10.1. The lowest BCUT2D eigenvalue weighted by atomic mass is 10.0. The monoisotopic (exact) mass is 507 g/mol. The van der Waals surface area contributed by atoms with Crippen LogP contribution in [0.25, 0.3) is 11.3 Å². The lowest BCUT2D eigenvalue weighted by Crippen LogP contribution is -2.29. The Balaban J connectivity index is 1.60. The predicted molar refractivity (Wildman–Crippen MR) is 131 cm³/mol. The maximum absolute atomic E-state index is 13.4. The summed E-state index contributed by atoms with van der Waals surface area (Å²) in [7, 11) is 0. The van der Waals surface area contributed by atoms with Gasteiger partial charge in [0.25, 0.3) is 0 Å². The number of rotatable bonds is 4. The molecule has 0 spiro atoms. The van der Waals surface area contributed by atoms with E-state index in [1.165, 1.54) is 12.1 Å². The Labute approximate surface area is 199 Å². The second-order valence-corrected chi connectivity index (χ2v) is 8.88. The molecule has 1 N–H and O–H groups in total. The van der Waals surface area contributed by atoms with E-state index in [-0.39, 0.29) is 17.9 Å². The Kier molecular flexibility index (Phi) is 5.53. The summed E-state index contributed by atoms with van der Waals surface area (Å²) in [6, 6.07) is 21.7.